The van der Waals surface area contributed by atoms with Crippen molar-refractivity contribution in [2.75, 3.05) is 0 Å². The molecule has 6 heteroatoms. The highest BCUT2D eigenvalue weighted by Gasteiger charge is 2.55. The van der Waals surface area contributed by atoms with Gasteiger partial charge in [-0.15, -0.1) is 5.10 Å². The molecule has 4 fully saturated rings. The van der Waals surface area contributed by atoms with Gasteiger partial charge >= 0.3 is 5.97 Å². The van der Waals surface area contributed by atoms with Gasteiger partial charge in [0, 0.05) is 0 Å². The maximum Gasteiger partial charge on any atom is 0.317 e. The molecule has 4 aliphatic carbocycles. The fraction of sp³-hybridized carbons (Fsp3) is 0.556. The summed E-state index contributed by atoms with van der Waals surface area (Å²) >= 11 is 0. The van der Waals surface area contributed by atoms with E-state index in [9.17, 15) is 4.79 Å². The van der Waals surface area contributed by atoms with E-state index in [2.05, 4.69) is 15.5 Å². The van der Waals surface area contributed by atoms with Crippen molar-refractivity contribution in [2.45, 2.75) is 38.5 Å². The Labute approximate surface area is 140 Å². The topological polar surface area (TPSA) is 69.9 Å². The van der Waals surface area contributed by atoms with E-state index < -0.39 is 0 Å². The maximum absolute atomic E-state index is 12.9. The van der Waals surface area contributed by atoms with E-state index in [1.54, 1.807) is 4.68 Å². The smallest absolute Gasteiger partial charge is 0.317 e. The second-order valence-electron chi connectivity index (χ2n) is 7.84. The fourth-order valence-corrected chi connectivity index (χ4v) is 5.52. The van der Waals surface area contributed by atoms with Gasteiger partial charge in [0.25, 0.3) is 0 Å². The van der Waals surface area contributed by atoms with E-state index in [0.29, 0.717) is 5.75 Å². The number of tetrazole rings is 1. The zero-order valence-corrected chi connectivity index (χ0v) is 13.5. The predicted molar refractivity (Wildman–Crippen MR) is 85.4 cm³/mol. The van der Waals surface area contributed by atoms with Crippen LogP contribution in [0.15, 0.2) is 30.6 Å². The first-order valence-electron chi connectivity index (χ1n) is 8.76. The van der Waals surface area contributed by atoms with Gasteiger partial charge in [-0.2, -0.15) is 0 Å². The van der Waals surface area contributed by atoms with Crippen LogP contribution in [-0.4, -0.2) is 26.2 Å². The molecule has 4 bridgehead atoms. The zero-order chi connectivity index (χ0) is 16.1. The van der Waals surface area contributed by atoms with Gasteiger partial charge in [0.2, 0.25) is 0 Å². The van der Waals surface area contributed by atoms with Crippen LogP contribution in [0.5, 0.6) is 5.75 Å². The molecule has 0 N–H and O–H groups in total. The fourth-order valence-electron chi connectivity index (χ4n) is 5.52. The van der Waals surface area contributed by atoms with Gasteiger partial charge in [-0.1, -0.05) is 0 Å². The number of carbonyl (C=O) groups excluding carboxylic acids is 1. The van der Waals surface area contributed by atoms with Gasteiger partial charge in [-0.05, 0) is 91.0 Å². The molecule has 0 unspecified atom stereocenters. The predicted octanol–water partition coefficient (Wildman–Crippen LogP) is 2.78. The van der Waals surface area contributed by atoms with Crippen molar-refractivity contribution in [3.8, 4) is 11.4 Å². The second-order valence-corrected chi connectivity index (χ2v) is 7.84. The number of carbonyl (C=O) groups is 1. The molecule has 6 nitrogen and oxygen atoms in total. The number of hydrogen-bond donors (Lipinski definition) is 0. The van der Waals surface area contributed by atoms with Gasteiger partial charge in [0.1, 0.15) is 12.1 Å². The van der Waals surface area contributed by atoms with Crippen LogP contribution < -0.4 is 4.74 Å². The number of esters is 1. The van der Waals surface area contributed by atoms with Gasteiger partial charge in [0.05, 0.1) is 11.1 Å². The first-order valence-corrected chi connectivity index (χ1v) is 8.76. The zero-order valence-electron chi connectivity index (χ0n) is 13.5. The summed E-state index contributed by atoms with van der Waals surface area (Å²) in [5, 5.41) is 11.1. The average Bonchev–Trinajstić information content (AvgIpc) is 3.09. The molecule has 124 valence electrons. The monoisotopic (exact) mass is 324 g/mol. The van der Waals surface area contributed by atoms with Crippen LogP contribution in [0, 0.1) is 23.2 Å². The maximum atomic E-state index is 12.9. The molecular weight excluding hydrogens is 304 g/mol. The van der Waals surface area contributed by atoms with E-state index in [1.165, 1.54) is 25.6 Å². The molecule has 0 aliphatic heterocycles. The quantitative estimate of drug-likeness (QED) is 0.641. The molecule has 0 radical (unpaired) electrons. The first-order chi connectivity index (χ1) is 11.7. The van der Waals surface area contributed by atoms with E-state index in [-0.39, 0.29) is 11.4 Å². The number of aromatic nitrogens is 4. The Morgan fingerprint density at radius 2 is 1.67 bits per heavy atom. The van der Waals surface area contributed by atoms with Crippen LogP contribution in [0.25, 0.3) is 5.69 Å². The largest absolute Gasteiger partial charge is 0.426 e. The van der Waals surface area contributed by atoms with Gasteiger partial charge in [-0.3, -0.25) is 4.79 Å². The second kappa shape index (κ2) is 5.13. The molecule has 4 saturated carbocycles. The Balaban J connectivity index is 1.33. The van der Waals surface area contributed by atoms with Gasteiger partial charge in [0.15, 0.2) is 0 Å². The first kappa shape index (κ1) is 14.1. The number of nitrogens with zero attached hydrogens (tertiary/aromatic N) is 4. The lowest BCUT2D eigenvalue weighted by Gasteiger charge is -2.55. The van der Waals surface area contributed by atoms with Gasteiger partial charge < -0.3 is 4.74 Å². The molecule has 2 aromatic rings. The van der Waals surface area contributed by atoms with E-state index in [4.69, 9.17) is 4.74 Å². The number of benzene rings is 1. The molecule has 1 aromatic carbocycles. The molecule has 0 saturated heterocycles. The lowest BCUT2D eigenvalue weighted by molar-refractivity contribution is -0.161. The van der Waals surface area contributed by atoms with Crippen molar-refractivity contribution in [1.29, 1.82) is 0 Å². The Hall–Kier alpha value is -2.24. The van der Waals surface area contributed by atoms with Crippen molar-refractivity contribution in [1.82, 2.24) is 20.2 Å². The molecule has 0 spiro atoms. The van der Waals surface area contributed by atoms with E-state index in [0.717, 1.165) is 42.7 Å². The molecule has 1 heterocycles. The summed E-state index contributed by atoms with van der Waals surface area (Å²) in [4.78, 5) is 12.9. The Bertz CT molecular complexity index is 719. The molecule has 0 amide bonds. The lowest BCUT2D eigenvalue weighted by atomic mass is 9.49. The van der Waals surface area contributed by atoms with Crippen molar-refractivity contribution in [3.63, 3.8) is 0 Å². The molecular formula is C18H20N4O2. The highest BCUT2D eigenvalue weighted by Crippen LogP contribution is 2.60. The Morgan fingerprint density at radius 3 is 2.21 bits per heavy atom. The van der Waals surface area contributed by atoms with E-state index in [1.807, 2.05) is 24.3 Å². The lowest BCUT2D eigenvalue weighted by Crippen LogP contribution is -2.51. The highest BCUT2D eigenvalue weighted by molar-refractivity contribution is 5.80. The van der Waals surface area contributed by atoms with Crippen LogP contribution in [0.4, 0.5) is 0 Å². The molecule has 4 aliphatic rings. The standard InChI is InChI=1S/C18H20N4O2/c23-17(18-8-12-5-13(9-18)7-14(6-12)10-18)24-16-3-1-15(2-4-16)22-11-19-20-21-22/h1-4,11-14H,5-10H2. The Kier molecular flexibility index (Phi) is 3.02. The number of rotatable bonds is 3. The van der Waals surface area contributed by atoms with Crippen molar-refractivity contribution < 1.29 is 9.53 Å². The van der Waals surface area contributed by atoms with Crippen molar-refractivity contribution in [2.24, 2.45) is 23.2 Å². The summed E-state index contributed by atoms with van der Waals surface area (Å²) in [5.74, 6) is 2.81. The van der Waals surface area contributed by atoms with Crippen LogP contribution in [0.3, 0.4) is 0 Å². The third-order valence-electron chi connectivity index (χ3n) is 6.13. The minimum absolute atomic E-state index is 0.0169. The molecule has 24 heavy (non-hydrogen) atoms. The third-order valence-corrected chi connectivity index (χ3v) is 6.13. The van der Waals surface area contributed by atoms with Crippen LogP contribution >= 0.6 is 0 Å². The minimum Gasteiger partial charge on any atom is -0.426 e. The molecule has 0 atom stereocenters. The van der Waals surface area contributed by atoms with Crippen molar-refractivity contribution in [3.05, 3.63) is 30.6 Å². The van der Waals surface area contributed by atoms with Crippen molar-refractivity contribution >= 4 is 5.97 Å². The highest BCUT2D eigenvalue weighted by atomic mass is 16.5. The summed E-state index contributed by atoms with van der Waals surface area (Å²) in [5.41, 5.74) is 0.623. The summed E-state index contributed by atoms with van der Waals surface area (Å²) in [6.07, 6.45) is 8.60. The third kappa shape index (κ3) is 2.24. The van der Waals surface area contributed by atoms with Crippen LogP contribution in [0.2, 0.25) is 0 Å². The van der Waals surface area contributed by atoms with Gasteiger partial charge in [-0.25, -0.2) is 4.68 Å². The van der Waals surface area contributed by atoms with E-state index >= 15 is 0 Å². The Morgan fingerprint density at radius 1 is 1.04 bits per heavy atom. The number of hydrogen-bond acceptors (Lipinski definition) is 5. The summed E-state index contributed by atoms with van der Waals surface area (Å²) in [6.45, 7) is 0. The van der Waals surface area contributed by atoms with Crippen LogP contribution in [0.1, 0.15) is 38.5 Å². The summed E-state index contributed by atoms with van der Waals surface area (Å²) in [7, 11) is 0. The minimum atomic E-state index is -0.219. The summed E-state index contributed by atoms with van der Waals surface area (Å²) in [6, 6.07) is 7.35. The van der Waals surface area contributed by atoms with Crippen LogP contribution in [-0.2, 0) is 4.79 Å². The molecule has 6 rings (SSSR count). The molecule has 1 aromatic heterocycles. The normalized spacial score (nSPS) is 33.6. The summed E-state index contributed by atoms with van der Waals surface area (Å²) < 4.78 is 7.35. The number of ether oxygens (including phenoxy) is 1. The SMILES string of the molecule is O=C(Oc1ccc(-n2cnnn2)cc1)C12CC3CC(CC(C3)C1)C2. The average molecular weight is 324 g/mol.